The van der Waals surface area contributed by atoms with Crippen molar-refractivity contribution >= 4 is 5.91 Å². The molecule has 74 valence electrons. The van der Waals surface area contributed by atoms with Crippen LogP contribution in [0.1, 0.15) is 6.92 Å². The van der Waals surface area contributed by atoms with Crippen LogP contribution in [0.3, 0.4) is 0 Å². The van der Waals surface area contributed by atoms with Gasteiger partial charge >= 0.3 is 0 Å². The lowest BCUT2D eigenvalue weighted by molar-refractivity contribution is -0.119. The van der Waals surface area contributed by atoms with Crippen LogP contribution in [0.4, 0.5) is 0 Å². The molecular weight excluding hydrogens is 164 g/mol. The first kappa shape index (κ1) is 11.9. The van der Waals surface area contributed by atoms with Crippen LogP contribution in [-0.4, -0.2) is 37.0 Å². The Morgan fingerprint density at radius 1 is 1.38 bits per heavy atom. The first-order valence-corrected chi connectivity index (χ1v) is 4.39. The SMILES string of the molecule is C=CCN(CC=C)CCNC(C)=O. The average Bonchev–Trinajstić information content (AvgIpc) is 2.04. The molecule has 0 aromatic rings. The molecule has 0 aliphatic heterocycles. The second-order valence-electron chi connectivity index (χ2n) is 2.82. The second kappa shape index (κ2) is 7.55. The minimum Gasteiger partial charge on any atom is -0.355 e. The molecule has 0 aliphatic rings. The molecule has 0 saturated heterocycles. The minimum absolute atomic E-state index is 0.0113. The second-order valence-corrected chi connectivity index (χ2v) is 2.82. The Kier molecular flexibility index (Phi) is 6.92. The van der Waals surface area contributed by atoms with Gasteiger partial charge in [-0.3, -0.25) is 9.69 Å². The number of nitrogens with zero attached hydrogens (tertiary/aromatic N) is 1. The monoisotopic (exact) mass is 182 g/mol. The van der Waals surface area contributed by atoms with Gasteiger partial charge in [0.25, 0.3) is 0 Å². The minimum atomic E-state index is 0.0113. The number of hydrogen-bond acceptors (Lipinski definition) is 2. The van der Waals surface area contributed by atoms with Gasteiger partial charge in [0.05, 0.1) is 0 Å². The Morgan fingerprint density at radius 2 is 1.92 bits per heavy atom. The summed E-state index contributed by atoms with van der Waals surface area (Å²) in [6.07, 6.45) is 3.69. The molecule has 0 heterocycles. The predicted octanol–water partition coefficient (Wildman–Crippen LogP) is 0.796. The fourth-order valence-corrected chi connectivity index (χ4v) is 1.01. The van der Waals surface area contributed by atoms with Crippen molar-refractivity contribution in [2.75, 3.05) is 26.2 Å². The lowest BCUT2D eigenvalue weighted by atomic mass is 10.4. The van der Waals surface area contributed by atoms with Gasteiger partial charge < -0.3 is 5.32 Å². The first-order valence-electron chi connectivity index (χ1n) is 4.39. The van der Waals surface area contributed by atoms with E-state index in [1.165, 1.54) is 6.92 Å². The van der Waals surface area contributed by atoms with Gasteiger partial charge in [0.1, 0.15) is 0 Å². The van der Waals surface area contributed by atoms with Gasteiger partial charge in [-0.05, 0) is 0 Å². The van der Waals surface area contributed by atoms with E-state index in [0.29, 0.717) is 6.54 Å². The van der Waals surface area contributed by atoms with Gasteiger partial charge in [-0.15, -0.1) is 13.2 Å². The van der Waals surface area contributed by atoms with Crippen molar-refractivity contribution in [2.45, 2.75) is 6.92 Å². The molecule has 0 radical (unpaired) electrons. The third-order valence-electron chi connectivity index (χ3n) is 1.58. The summed E-state index contributed by atoms with van der Waals surface area (Å²) in [6, 6.07) is 0. The van der Waals surface area contributed by atoms with Crippen molar-refractivity contribution in [3.63, 3.8) is 0 Å². The Bertz CT molecular complexity index is 168. The van der Waals surface area contributed by atoms with Crippen molar-refractivity contribution in [1.29, 1.82) is 0 Å². The summed E-state index contributed by atoms with van der Waals surface area (Å²) in [5.74, 6) is 0.0113. The fraction of sp³-hybridized carbons (Fsp3) is 0.500. The normalized spacial score (nSPS) is 9.69. The highest BCUT2D eigenvalue weighted by Crippen LogP contribution is 1.87. The molecule has 1 amide bonds. The molecule has 3 nitrogen and oxygen atoms in total. The molecule has 0 aromatic heterocycles. The van der Waals surface area contributed by atoms with Crippen LogP contribution in [0.2, 0.25) is 0 Å². The van der Waals surface area contributed by atoms with Crippen LogP contribution in [0, 0.1) is 0 Å². The van der Waals surface area contributed by atoms with Crippen LogP contribution in [0.25, 0.3) is 0 Å². The van der Waals surface area contributed by atoms with E-state index < -0.39 is 0 Å². The molecule has 0 bridgehead atoms. The molecule has 0 unspecified atom stereocenters. The Morgan fingerprint density at radius 3 is 2.31 bits per heavy atom. The van der Waals surface area contributed by atoms with Crippen LogP contribution >= 0.6 is 0 Å². The van der Waals surface area contributed by atoms with Gasteiger partial charge in [0, 0.05) is 33.1 Å². The quantitative estimate of drug-likeness (QED) is 0.591. The molecule has 0 rings (SSSR count). The van der Waals surface area contributed by atoms with Gasteiger partial charge in [0.2, 0.25) is 5.91 Å². The van der Waals surface area contributed by atoms with Gasteiger partial charge in [-0.1, -0.05) is 12.2 Å². The maximum absolute atomic E-state index is 10.6. The number of carbonyl (C=O) groups is 1. The van der Waals surface area contributed by atoms with Crippen LogP contribution in [0.15, 0.2) is 25.3 Å². The van der Waals surface area contributed by atoms with Crippen LogP contribution < -0.4 is 5.32 Å². The van der Waals surface area contributed by atoms with E-state index in [4.69, 9.17) is 0 Å². The molecule has 0 fully saturated rings. The maximum atomic E-state index is 10.6. The first-order chi connectivity index (χ1) is 6.20. The Hall–Kier alpha value is -1.09. The summed E-state index contributed by atoms with van der Waals surface area (Å²) in [6.45, 7) is 12.0. The highest BCUT2D eigenvalue weighted by molar-refractivity contribution is 5.72. The smallest absolute Gasteiger partial charge is 0.216 e. The molecule has 0 spiro atoms. The fourth-order valence-electron chi connectivity index (χ4n) is 1.01. The molecule has 0 aliphatic carbocycles. The molecule has 3 heteroatoms. The molecular formula is C10H18N2O. The van der Waals surface area contributed by atoms with Crippen molar-refractivity contribution < 1.29 is 4.79 Å². The zero-order chi connectivity index (χ0) is 10.1. The number of rotatable bonds is 7. The topological polar surface area (TPSA) is 32.3 Å². The van der Waals surface area contributed by atoms with E-state index in [0.717, 1.165) is 19.6 Å². The van der Waals surface area contributed by atoms with Crippen molar-refractivity contribution in [1.82, 2.24) is 10.2 Å². The Labute approximate surface area is 80.1 Å². The van der Waals surface area contributed by atoms with E-state index >= 15 is 0 Å². The van der Waals surface area contributed by atoms with E-state index in [-0.39, 0.29) is 5.91 Å². The van der Waals surface area contributed by atoms with E-state index in [1.807, 2.05) is 12.2 Å². The summed E-state index contributed by atoms with van der Waals surface area (Å²) in [5, 5.41) is 2.74. The average molecular weight is 182 g/mol. The third kappa shape index (κ3) is 7.28. The van der Waals surface area contributed by atoms with E-state index in [9.17, 15) is 4.79 Å². The van der Waals surface area contributed by atoms with Gasteiger partial charge in [-0.25, -0.2) is 0 Å². The summed E-state index contributed by atoms with van der Waals surface area (Å²) in [7, 11) is 0. The molecule has 0 saturated carbocycles. The highest BCUT2D eigenvalue weighted by atomic mass is 16.1. The standard InChI is InChI=1S/C10H18N2O/c1-4-7-12(8-5-2)9-6-11-10(3)13/h4-5H,1-2,6-9H2,3H3,(H,11,13). The number of nitrogens with one attached hydrogen (secondary N) is 1. The summed E-state index contributed by atoms with van der Waals surface area (Å²) in [4.78, 5) is 12.7. The highest BCUT2D eigenvalue weighted by Gasteiger charge is 1.99. The van der Waals surface area contributed by atoms with Gasteiger partial charge in [0.15, 0.2) is 0 Å². The van der Waals surface area contributed by atoms with Crippen molar-refractivity contribution in [3.05, 3.63) is 25.3 Å². The van der Waals surface area contributed by atoms with Gasteiger partial charge in [-0.2, -0.15) is 0 Å². The largest absolute Gasteiger partial charge is 0.355 e. The predicted molar refractivity (Wildman–Crippen MR) is 55.5 cm³/mol. The summed E-state index contributed by atoms with van der Waals surface area (Å²) < 4.78 is 0. The number of hydrogen-bond donors (Lipinski definition) is 1. The zero-order valence-electron chi connectivity index (χ0n) is 8.25. The molecule has 0 atom stereocenters. The van der Waals surface area contributed by atoms with E-state index in [1.54, 1.807) is 0 Å². The molecule has 13 heavy (non-hydrogen) atoms. The zero-order valence-corrected chi connectivity index (χ0v) is 8.25. The summed E-state index contributed by atoms with van der Waals surface area (Å²) >= 11 is 0. The molecule has 0 aromatic carbocycles. The lowest BCUT2D eigenvalue weighted by Gasteiger charge is -2.18. The third-order valence-corrected chi connectivity index (χ3v) is 1.58. The van der Waals surface area contributed by atoms with Crippen molar-refractivity contribution in [2.24, 2.45) is 0 Å². The Balaban J connectivity index is 3.60. The maximum Gasteiger partial charge on any atom is 0.216 e. The van der Waals surface area contributed by atoms with Crippen LogP contribution in [-0.2, 0) is 4.79 Å². The van der Waals surface area contributed by atoms with Crippen molar-refractivity contribution in [3.8, 4) is 0 Å². The number of amides is 1. The summed E-state index contributed by atoms with van der Waals surface area (Å²) in [5.41, 5.74) is 0. The molecule has 1 N–H and O–H groups in total. The van der Waals surface area contributed by atoms with E-state index in [2.05, 4.69) is 23.4 Å². The number of carbonyl (C=O) groups excluding carboxylic acids is 1. The lowest BCUT2D eigenvalue weighted by Crippen LogP contribution is -2.34. The van der Waals surface area contributed by atoms with Crippen LogP contribution in [0.5, 0.6) is 0 Å².